The van der Waals surface area contributed by atoms with Crippen molar-refractivity contribution in [2.75, 3.05) is 5.32 Å². The first-order valence-electron chi connectivity index (χ1n) is 7.11. The van der Waals surface area contributed by atoms with Crippen molar-refractivity contribution in [1.29, 1.82) is 0 Å². The molecular formula is C17H13ClF3NO3. The molecule has 0 aliphatic rings. The molecule has 2 rings (SSSR count). The standard InChI is InChI=1S/C17H13ClF3NO3/c1-10(15(23)22-14-7-3-6-13(18)9-14)25-16(24)11-4-2-5-12(8-11)17(19,20)21/h2-10H,1H3,(H,22,23). The first-order valence-corrected chi connectivity index (χ1v) is 7.49. The molecule has 25 heavy (non-hydrogen) atoms. The second-order valence-corrected chi connectivity index (χ2v) is 5.56. The molecule has 132 valence electrons. The van der Waals surface area contributed by atoms with E-state index in [-0.39, 0.29) is 5.56 Å². The van der Waals surface area contributed by atoms with Gasteiger partial charge in [-0.05, 0) is 43.3 Å². The van der Waals surface area contributed by atoms with Crippen LogP contribution in [0.2, 0.25) is 5.02 Å². The molecule has 0 heterocycles. The van der Waals surface area contributed by atoms with Gasteiger partial charge in [-0.3, -0.25) is 4.79 Å². The van der Waals surface area contributed by atoms with Crippen molar-refractivity contribution in [3.05, 3.63) is 64.7 Å². The number of hydrogen-bond acceptors (Lipinski definition) is 3. The summed E-state index contributed by atoms with van der Waals surface area (Å²) in [5.41, 5.74) is -0.866. The number of ether oxygens (including phenoxy) is 1. The summed E-state index contributed by atoms with van der Waals surface area (Å²) in [7, 11) is 0. The van der Waals surface area contributed by atoms with Gasteiger partial charge >= 0.3 is 12.1 Å². The number of benzene rings is 2. The lowest BCUT2D eigenvalue weighted by atomic mass is 10.1. The Labute approximate surface area is 146 Å². The van der Waals surface area contributed by atoms with Gasteiger partial charge < -0.3 is 10.1 Å². The van der Waals surface area contributed by atoms with Crippen molar-refractivity contribution >= 4 is 29.2 Å². The van der Waals surface area contributed by atoms with E-state index >= 15 is 0 Å². The van der Waals surface area contributed by atoms with Gasteiger partial charge in [0, 0.05) is 10.7 Å². The quantitative estimate of drug-likeness (QED) is 0.803. The maximum Gasteiger partial charge on any atom is 0.416 e. The second-order valence-electron chi connectivity index (χ2n) is 5.13. The Morgan fingerprint density at radius 1 is 1.12 bits per heavy atom. The summed E-state index contributed by atoms with van der Waals surface area (Å²) >= 11 is 5.80. The number of hydrogen-bond donors (Lipinski definition) is 1. The van der Waals surface area contributed by atoms with Crippen LogP contribution in [0.4, 0.5) is 18.9 Å². The van der Waals surface area contributed by atoms with E-state index in [1.54, 1.807) is 18.2 Å². The van der Waals surface area contributed by atoms with Gasteiger partial charge in [-0.25, -0.2) is 4.79 Å². The van der Waals surface area contributed by atoms with Crippen LogP contribution in [0.3, 0.4) is 0 Å². The summed E-state index contributed by atoms with van der Waals surface area (Å²) < 4.78 is 42.9. The lowest BCUT2D eigenvalue weighted by Crippen LogP contribution is -2.30. The van der Waals surface area contributed by atoms with Gasteiger partial charge in [0.2, 0.25) is 0 Å². The Hall–Kier alpha value is -2.54. The molecule has 1 atom stereocenters. The Bertz CT molecular complexity index is 793. The SMILES string of the molecule is CC(OC(=O)c1cccc(C(F)(F)F)c1)C(=O)Nc1cccc(Cl)c1. The molecule has 1 N–H and O–H groups in total. The first-order chi connectivity index (χ1) is 11.7. The molecule has 0 bridgehead atoms. The minimum Gasteiger partial charge on any atom is -0.449 e. The van der Waals surface area contributed by atoms with Crippen LogP contribution in [0.25, 0.3) is 0 Å². The molecule has 0 spiro atoms. The molecular weight excluding hydrogens is 359 g/mol. The van der Waals surface area contributed by atoms with Gasteiger partial charge in [-0.1, -0.05) is 23.7 Å². The number of carbonyl (C=O) groups excluding carboxylic acids is 2. The minimum atomic E-state index is -4.58. The van der Waals surface area contributed by atoms with Crippen molar-refractivity contribution in [3.8, 4) is 0 Å². The zero-order valence-corrected chi connectivity index (χ0v) is 13.7. The zero-order chi connectivity index (χ0) is 18.6. The molecule has 1 unspecified atom stereocenters. The minimum absolute atomic E-state index is 0.294. The average molecular weight is 372 g/mol. The molecule has 0 saturated carbocycles. The molecule has 0 fully saturated rings. The van der Waals surface area contributed by atoms with Crippen molar-refractivity contribution < 1.29 is 27.5 Å². The van der Waals surface area contributed by atoms with Gasteiger partial charge in [0.05, 0.1) is 11.1 Å². The van der Waals surface area contributed by atoms with Gasteiger partial charge in [0.15, 0.2) is 6.10 Å². The topological polar surface area (TPSA) is 55.4 Å². The van der Waals surface area contributed by atoms with E-state index in [1.165, 1.54) is 19.1 Å². The molecule has 1 amide bonds. The maximum absolute atomic E-state index is 12.7. The third-order valence-electron chi connectivity index (χ3n) is 3.17. The summed E-state index contributed by atoms with van der Waals surface area (Å²) in [6, 6.07) is 10.1. The van der Waals surface area contributed by atoms with Crippen LogP contribution in [0.5, 0.6) is 0 Å². The number of nitrogens with one attached hydrogen (secondary N) is 1. The molecule has 0 aliphatic heterocycles. The van der Waals surface area contributed by atoms with Crippen LogP contribution in [0, 0.1) is 0 Å². The van der Waals surface area contributed by atoms with E-state index in [9.17, 15) is 22.8 Å². The first kappa shape index (κ1) is 18.8. The van der Waals surface area contributed by atoms with E-state index in [4.69, 9.17) is 16.3 Å². The maximum atomic E-state index is 12.7. The third-order valence-corrected chi connectivity index (χ3v) is 3.41. The number of amides is 1. The highest BCUT2D eigenvalue weighted by molar-refractivity contribution is 6.30. The summed E-state index contributed by atoms with van der Waals surface area (Å²) in [5, 5.41) is 2.90. The summed E-state index contributed by atoms with van der Waals surface area (Å²) in [4.78, 5) is 24.0. The molecule has 0 saturated heterocycles. The molecule has 2 aromatic carbocycles. The molecule has 4 nitrogen and oxygen atoms in total. The smallest absolute Gasteiger partial charge is 0.416 e. The van der Waals surface area contributed by atoms with Gasteiger partial charge in [0.25, 0.3) is 5.91 Å². The second kappa shape index (κ2) is 7.57. The Morgan fingerprint density at radius 2 is 1.80 bits per heavy atom. The van der Waals surface area contributed by atoms with Gasteiger partial charge in [0.1, 0.15) is 0 Å². The number of carbonyl (C=O) groups is 2. The van der Waals surface area contributed by atoms with Crippen LogP contribution in [0.1, 0.15) is 22.8 Å². The average Bonchev–Trinajstić information content (AvgIpc) is 2.54. The van der Waals surface area contributed by atoms with Crippen LogP contribution >= 0.6 is 11.6 Å². The lowest BCUT2D eigenvalue weighted by Gasteiger charge is -2.14. The highest BCUT2D eigenvalue weighted by Gasteiger charge is 2.31. The zero-order valence-electron chi connectivity index (χ0n) is 12.9. The van der Waals surface area contributed by atoms with Gasteiger partial charge in [-0.2, -0.15) is 13.2 Å². The van der Waals surface area contributed by atoms with E-state index in [2.05, 4.69) is 5.32 Å². The van der Waals surface area contributed by atoms with Crippen LogP contribution in [-0.4, -0.2) is 18.0 Å². The fraction of sp³-hybridized carbons (Fsp3) is 0.176. The van der Waals surface area contributed by atoms with Crippen molar-refractivity contribution in [3.63, 3.8) is 0 Å². The van der Waals surface area contributed by atoms with E-state index in [0.29, 0.717) is 16.8 Å². The summed E-state index contributed by atoms with van der Waals surface area (Å²) in [5.74, 6) is -1.66. The Morgan fingerprint density at radius 3 is 2.44 bits per heavy atom. The monoisotopic (exact) mass is 371 g/mol. The molecule has 2 aromatic rings. The van der Waals surface area contributed by atoms with Crippen molar-refractivity contribution in [2.24, 2.45) is 0 Å². The molecule has 0 aliphatic carbocycles. The summed E-state index contributed by atoms with van der Waals surface area (Å²) in [6.07, 6.45) is -5.78. The number of alkyl halides is 3. The molecule has 8 heteroatoms. The summed E-state index contributed by atoms with van der Waals surface area (Å²) in [6.45, 7) is 1.31. The number of rotatable bonds is 4. The van der Waals surface area contributed by atoms with E-state index < -0.39 is 29.7 Å². The number of esters is 1. The van der Waals surface area contributed by atoms with Crippen LogP contribution < -0.4 is 5.32 Å². The lowest BCUT2D eigenvalue weighted by molar-refractivity contribution is -0.137. The Kier molecular flexibility index (Phi) is 5.69. The number of halogens is 4. The number of anilines is 1. The van der Waals surface area contributed by atoms with Crippen molar-refractivity contribution in [2.45, 2.75) is 19.2 Å². The van der Waals surface area contributed by atoms with Crippen molar-refractivity contribution in [1.82, 2.24) is 0 Å². The highest BCUT2D eigenvalue weighted by atomic mass is 35.5. The highest BCUT2D eigenvalue weighted by Crippen LogP contribution is 2.29. The van der Waals surface area contributed by atoms with E-state index in [0.717, 1.165) is 12.1 Å². The predicted octanol–water partition coefficient (Wildman–Crippen LogP) is 4.54. The van der Waals surface area contributed by atoms with Gasteiger partial charge in [-0.15, -0.1) is 0 Å². The molecule has 0 aromatic heterocycles. The fourth-order valence-corrected chi connectivity index (χ4v) is 2.11. The normalized spacial score (nSPS) is 12.4. The van der Waals surface area contributed by atoms with E-state index in [1.807, 2.05) is 0 Å². The fourth-order valence-electron chi connectivity index (χ4n) is 1.91. The predicted molar refractivity (Wildman–Crippen MR) is 86.4 cm³/mol. The molecule has 0 radical (unpaired) electrons. The largest absolute Gasteiger partial charge is 0.449 e. The third kappa shape index (κ3) is 5.22. The Balaban J connectivity index is 2.03. The van der Waals surface area contributed by atoms with Crippen LogP contribution in [-0.2, 0) is 15.7 Å². The van der Waals surface area contributed by atoms with Crippen LogP contribution in [0.15, 0.2) is 48.5 Å².